The Morgan fingerprint density at radius 3 is 2.86 bits per heavy atom. The lowest BCUT2D eigenvalue weighted by molar-refractivity contribution is -0.136. The highest BCUT2D eigenvalue weighted by Crippen LogP contribution is 2.41. The van der Waals surface area contributed by atoms with Crippen LogP contribution in [0.5, 0.6) is 11.5 Å². The third-order valence-corrected chi connectivity index (χ3v) is 4.71. The van der Waals surface area contributed by atoms with Crippen LogP contribution in [0.2, 0.25) is 5.02 Å². The van der Waals surface area contributed by atoms with E-state index in [0.29, 0.717) is 28.6 Å². The molecule has 1 aromatic carbocycles. The largest absolute Gasteiger partial charge is 0.482 e. The first-order chi connectivity index (χ1) is 13.4. The molecule has 1 aliphatic heterocycles. The number of carbonyl (C=O) groups is 2. The van der Waals surface area contributed by atoms with Crippen molar-refractivity contribution in [2.24, 2.45) is 0 Å². The Balaban J connectivity index is 1.86. The Kier molecular flexibility index (Phi) is 6.04. The number of aliphatic carboxylic acids is 1. The van der Waals surface area contributed by atoms with Gasteiger partial charge in [0.2, 0.25) is 0 Å². The molecule has 8 heteroatoms. The predicted octanol–water partition coefficient (Wildman–Crippen LogP) is 3.77. The molecule has 2 aromatic rings. The van der Waals surface area contributed by atoms with Crippen molar-refractivity contribution in [2.75, 3.05) is 18.1 Å². The fourth-order valence-electron chi connectivity index (χ4n) is 2.92. The summed E-state index contributed by atoms with van der Waals surface area (Å²) < 4.78 is 11.6. The van der Waals surface area contributed by atoms with Crippen LogP contribution < -0.4 is 14.4 Å². The summed E-state index contributed by atoms with van der Waals surface area (Å²) in [6.45, 7) is 3.84. The second-order valence-corrected chi connectivity index (χ2v) is 6.91. The molecule has 1 aromatic heterocycles. The molecule has 0 radical (unpaired) electrons. The molecule has 0 spiro atoms. The number of anilines is 1. The van der Waals surface area contributed by atoms with Gasteiger partial charge in [0.1, 0.15) is 17.6 Å². The van der Waals surface area contributed by atoms with Gasteiger partial charge in [0, 0.05) is 18.8 Å². The molecule has 0 aliphatic carbocycles. The molecule has 0 fully saturated rings. The van der Waals surface area contributed by atoms with E-state index in [1.165, 1.54) is 4.90 Å². The monoisotopic (exact) mass is 404 g/mol. The van der Waals surface area contributed by atoms with Crippen LogP contribution in [0.25, 0.3) is 0 Å². The van der Waals surface area contributed by atoms with Crippen LogP contribution in [0.3, 0.4) is 0 Å². The molecule has 0 saturated heterocycles. The Hall–Kier alpha value is -2.80. The number of pyridine rings is 1. The van der Waals surface area contributed by atoms with Gasteiger partial charge in [-0.15, -0.1) is 0 Å². The van der Waals surface area contributed by atoms with Gasteiger partial charge in [0.05, 0.1) is 22.8 Å². The number of hydrogen-bond acceptors (Lipinski definition) is 5. The van der Waals surface area contributed by atoms with Gasteiger partial charge in [-0.1, -0.05) is 24.6 Å². The van der Waals surface area contributed by atoms with E-state index in [1.54, 1.807) is 18.3 Å². The van der Waals surface area contributed by atoms with Crippen LogP contribution in [-0.4, -0.2) is 35.1 Å². The van der Waals surface area contributed by atoms with Crippen LogP contribution >= 0.6 is 11.6 Å². The molecule has 148 valence electrons. The summed E-state index contributed by atoms with van der Waals surface area (Å²) in [5.74, 6) is -0.449. The number of aromatic nitrogens is 1. The molecule has 0 saturated carbocycles. The topological polar surface area (TPSA) is 89.0 Å². The van der Waals surface area contributed by atoms with Crippen molar-refractivity contribution in [3.8, 4) is 11.5 Å². The van der Waals surface area contributed by atoms with Gasteiger partial charge >= 0.3 is 5.97 Å². The number of nitrogens with zero attached hydrogens (tertiary/aromatic N) is 2. The van der Waals surface area contributed by atoms with E-state index in [-0.39, 0.29) is 31.6 Å². The van der Waals surface area contributed by atoms with E-state index in [0.717, 1.165) is 11.3 Å². The highest BCUT2D eigenvalue weighted by Gasteiger charge is 2.28. The molecule has 3 rings (SSSR count). The standard InChI is InChI=1S/C20H21ClN2O5/c1-3-16(14-5-4-12(2)10-22-14)28-17-9-18-15(8-13(17)21)23(7-6-20(25)26)19(24)11-27-18/h4-5,8-10,16H,3,6-7,11H2,1-2H3,(H,25,26). The highest BCUT2D eigenvalue weighted by atomic mass is 35.5. The van der Waals surface area contributed by atoms with Crippen LogP contribution in [0.15, 0.2) is 30.5 Å². The average Bonchev–Trinajstić information content (AvgIpc) is 2.66. The SMILES string of the molecule is CCC(Oc1cc2c(cc1Cl)N(CCC(=O)O)C(=O)CO2)c1ccc(C)cn1. The van der Waals surface area contributed by atoms with Crippen LogP contribution in [-0.2, 0) is 9.59 Å². The first kappa shape index (κ1) is 19.9. The highest BCUT2D eigenvalue weighted by molar-refractivity contribution is 6.32. The first-order valence-corrected chi connectivity index (χ1v) is 9.34. The van der Waals surface area contributed by atoms with Crippen molar-refractivity contribution in [2.45, 2.75) is 32.8 Å². The summed E-state index contributed by atoms with van der Waals surface area (Å²) in [6, 6.07) is 7.09. The third-order valence-electron chi connectivity index (χ3n) is 4.41. The van der Waals surface area contributed by atoms with Crippen molar-refractivity contribution in [3.05, 3.63) is 46.7 Å². The van der Waals surface area contributed by atoms with Gasteiger partial charge in [-0.2, -0.15) is 0 Å². The lowest BCUT2D eigenvalue weighted by Gasteiger charge is -2.30. The molecule has 28 heavy (non-hydrogen) atoms. The number of carbonyl (C=O) groups excluding carboxylic acids is 1. The second kappa shape index (κ2) is 8.48. The molecule has 1 amide bonds. The zero-order chi connectivity index (χ0) is 20.3. The normalized spacial score (nSPS) is 14.2. The minimum absolute atomic E-state index is 0.0476. The molecule has 1 N–H and O–H groups in total. The Bertz CT molecular complexity index is 885. The third kappa shape index (κ3) is 4.36. The smallest absolute Gasteiger partial charge is 0.305 e. The molecule has 7 nitrogen and oxygen atoms in total. The Morgan fingerprint density at radius 1 is 1.43 bits per heavy atom. The lowest BCUT2D eigenvalue weighted by Crippen LogP contribution is -2.40. The van der Waals surface area contributed by atoms with Gasteiger partial charge < -0.3 is 19.5 Å². The van der Waals surface area contributed by atoms with Crippen LogP contribution in [0.1, 0.15) is 37.1 Å². The lowest BCUT2D eigenvalue weighted by atomic mass is 10.1. The summed E-state index contributed by atoms with van der Waals surface area (Å²) in [4.78, 5) is 28.8. The number of rotatable bonds is 7. The molecule has 0 bridgehead atoms. The van der Waals surface area contributed by atoms with Gasteiger partial charge in [0.25, 0.3) is 5.91 Å². The number of carboxylic acids is 1. The number of fused-ring (bicyclic) bond motifs is 1. The number of halogens is 1. The average molecular weight is 405 g/mol. The molecular weight excluding hydrogens is 384 g/mol. The number of ether oxygens (including phenoxy) is 2. The molecule has 2 heterocycles. The van der Waals surface area contributed by atoms with E-state index < -0.39 is 5.97 Å². The summed E-state index contributed by atoms with van der Waals surface area (Å²) in [5, 5.41) is 9.22. The van der Waals surface area contributed by atoms with Crippen LogP contribution in [0, 0.1) is 6.92 Å². The van der Waals surface area contributed by atoms with E-state index in [4.69, 9.17) is 26.2 Å². The van der Waals surface area contributed by atoms with E-state index in [1.807, 2.05) is 26.0 Å². The number of benzene rings is 1. The number of carboxylic acid groups (broad SMARTS) is 1. The van der Waals surface area contributed by atoms with Crippen molar-refractivity contribution in [1.29, 1.82) is 0 Å². The summed E-state index contributed by atoms with van der Waals surface area (Å²) >= 11 is 6.40. The van der Waals surface area contributed by atoms with E-state index in [2.05, 4.69) is 4.98 Å². The van der Waals surface area contributed by atoms with Gasteiger partial charge in [-0.05, 0) is 31.0 Å². The molecule has 1 atom stereocenters. The molecule has 1 unspecified atom stereocenters. The van der Waals surface area contributed by atoms with Crippen LogP contribution in [0.4, 0.5) is 5.69 Å². The van der Waals surface area contributed by atoms with Crippen molar-refractivity contribution in [3.63, 3.8) is 0 Å². The van der Waals surface area contributed by atoms with Crippen molar-refractivity contribution in [1.82, 2.24) is 4.98 Å². The summed E-state index contributed by atoms with van der Waals surface area (Å²) in [5.41, 5.74) is 2.29. The zero-order valence-electron chi connectivity index (χ0n) is 15.6. The fraction of sp³-hybridized carbons (Fsp3) is 0.350. The maximum atomic E-state index is 12.1. The minimum atomic E-state index is -0.983. The quantitative estimate of drug-likeness (QED) is 0.755. The van der Waals surface area contributed by atoms with E-state index in [9.17, 15) is 9.59 Å². The maximum Gasteiger partial charge on any atom is 0.305 e. The predicted molar refractivity (Wildman–Crippen MR) is 104 cm³/mol. The van der Waals surface area contributed by atoms with Gasteiger partial charge in [-0.3, -0.25) is 14.6 Å². The number of hydrogen-bond donors (Lipinski definition) is 1. The number of aryl methyl sites for hydroxylation is 1. The maximum absolute atomic E-state index is 12.1. The Morgan fingerprint density at radius 2 is 2.21 bits per heavy atom. The van der Waals surface area contributed by atoms with Crippen molar-refractivity contribution >= 4 is 29.2 Å². The summed E-state index contributed by atoms with van der Waals surface area (Å²) in [6.07, 6.45) is 2.01. The number of amides is 1. The minimum Gasteiger partial charge on any atom is -0.482 e. The van der Waals surface area contributed by atoms with Gasteiger partial charge in [0.15, 0.2) is 6.61 Å². The zero-order valence-corrected chi connectivity index (χ0v) is 16.4. The van der Waals surface area contributed by atoms with E-state index >= 15 is 0 Å². The molecule has 1 aliphatic rings. The first-order valence-electron chi connectivity index (χ1n) is 8.96. The Labute approximate surface area is 167 Å². The molecular formula is C20H21ClN2O5. The summed E-state index contributed by atoms with van der Waals surface area (Å²) in [7, 11) is 0. The van der Waals surface area contributed by atoms with Crippen molar-refractivity contribution < 1.29 is 24.2 Å². The second-order valence-electron chi connectivity index (χ2n) is 6.50. The fourth-order valence-corrected chi connectivity index (χ4v) is 3.12. The van der Waals surface area contributed by atoms with Gasteiger partial charge in [-0.25, -0.2) is 0 Å².